The van der Waals surface area contributed by atoms with Gasteiger partial charge in [0.05, 0.1) is 0 Å². The van der Waals surface area contributed by atoms with Gasteiger partial charge in [0.1, 0.15) is 0 Å². The van der Waals surface area contributed by atoms with Crippen LogP contribution in [-0.2, 0) is 0 Å². The molecule has 3 aliphatic rings. The Kier molecular flexibility index (Phi) is 1.18. The second-order valence-electron chi connectivity index (χ2n) is 4.19. The lowest BCUT2D eigenvalue weighted by molar-refractivity contribution is 0.519. The van der Waals surface area contributed by atoms with Crippen LogP contribution in [0.3, 0.4) is 0 Å². The molecule has 0 radical (unpaired) electrons. The Morgan fingerprint density at radius 1 is 0.700 bits per heavy atom. The minimum atomic E-state index is 0. The van der Waals surface area contributed by atoms with Crippen molar-refractivity contribution in [2.75, 3.05) is 0 Å². The van der Waals surface area contributed by atoms with Crippen molar-refractivity contribution in [1.82, 2.24) is 5.32 Å². The van der Waals surface area contributed by atoms with E-state index in [4.69, 9.17) is 0 Å². The Labute approximate surface area is 68.0 Å². The number of hydrogen-bond acceptors (Lipinski definition) is 1. The van der Waals surface area contributed by atoms with Gasteiger partial charge in [-0.05, 0) is 38.5 Å². The molecule has 2 spiro atoms. The summed E-state index contributed by atoms with van der Waals surface area (Å²) >= 11 is 0. The predicted octanol–water partition coefficient (Wildman–Crippen LogP) is 1.86. The van der Waals surface area contributed by atoms with E-state index in [-0.39, 0.29) is 12.4 Å². The van der Waals surface area contributed by atoms with Crippen molar-refractivity contribution in [3.8, 4) is 0 Å². The third-order valence-electron chi connectivity index (χ3n) is 3.32. The lowest BCUT2D eigenvalue weighted by Crippen LogP contribution is -2.32. The molecule has 3 rings (SSSR count). The quantitative estimate of drug-likeness (QED) is 0.569. The van der Waals surface area contributed by atoms with Crippen molar-refractivity contribution in [1.29, 1.82) is 0 Å². The molecule has 1 aliphatic heterocycles. The molecule has 0 aromatic rings. The summed E-state index contributed by atoms with van der Waals surface area (Å²) in [6.07, 6.45) is 8.83. The van der Waals surface area contributed by atoms with E-state index in [1.54, 1.807) is 0 Å². The van der Waals surface area contributed by atoms with Crippen molar-refractivity contribution >= 4 is 12.4 Å². The highest BCUT2D eigenvalue weighted by Crippen LogP contribution is 2.55. The SMILES string of the molecule is C1CC12CCC1(CC1)N2.Cl. The molecule has 0 unspecified atom stereocenters. The van der Waals surface area contributed by atoms with Gasteiger partial charge in [-0.15, -0.1) is 12.4 Å². The standard InChI is InChI=1S/C8H13N.ClH/c1-2-7(1)5-6-8(9-7)3-4-8;/h9H,1-6H2;1H. The van der Waals surface area contributed by atoms with Crippen molar-refractivity contribution in [3.05, 3.63) is 0 Å². The zero-order valence-corrected chi connectivity index (χ0v) is 6.97. The first kappa shape index (κ1) is 6.93. The van der Waals surface area contributed by atoms with E-state index in [1.807, 2.05) is 0 Å². The van der Waals surface area contributed by atoms with Crippen molar-refractivity contribution < 1.29 is 0 Å². The van der Waals surface area contributed by atoms with Crippen molar-refractivity contribution in [3.63, 3.8) is 0 Å². The highest BCUT2D eigenvalue weighted by atomic mass is 35.5. The molecule has 0 bridgehead atoms. The van der Waals surface area contributed by atoms with Crippen LogP contribution in [-0.4, -0.2) is 11.1 Å². The first-order chi connectivity index (χ1) is 4.33. The molecule has 1 saturated heterocycles. The smallest absolute Gasteiger partial charge is 0.0188 e. The van der Waals surface area contributed by atoms with Crippen LogP contribution in [0.2, 0.25) is 0 Å². The summed E-state index contributed by atoms with van der Waals surface area (Å²) in [6.45, 7) is 0. The second-order valence-corrected chi connectivity index (χ2v) is 4.19. The maximum Gasteiger partial charge on any atom is 0.0188 e. The van der Waals surface area contributed by atoms with E-state index >= 15 is 0 Å². The van der Waals surface area contributed by atoms with Crippen LogP contribution in [0.4, 0.5) is 0 Å². The first-order valence-corrected chi connectivity index (χ1v) is 4.12. The van der Waals surface area contributed by atoms with Gasteiger partial charge in [0.15, 0.2) is 0 Å². The van der Waals surface area contributed by atoms with E-state index < -0.39 is 0 Å². The summed E-state index contributed by atoms with van der Waals surface area (Å²) in [5.41, 5.74) is 1.38. The van der Waals surface area contributed by atoms with E-state index in [0.717, 1.165) is 0 Å². The van der Waals surface area contributed by atoms with Crippen molar-refractivity contribution in [2.24, 2.45) is 0 Å². The molecule has 0 amide bonds. The maximum atomic E-state index is 3.79. The summed E-state index contributed by atoms with van der Waals surface area (Å²) in [5.74, 6) is 0. The average molecular weight is 160 g/mol. The van der Waals surface area contributed by atoms with Crippen LogP contribution in [0.15, 0.2) is 0 Å². The van der Waals surface area contributed by atoms with E-state index in [2.05, 4.69) is 5.32 Å². The molecule has 2 aliphatic carbocycles. The topological polar surface area (TPSA) is 12.0 Å². The molecule has 1 N–H and O–H groups in total. The molecule has 3 fully saturated rings. The van der Waals surface area contributed by atoms with Crippen LogP contribution >= 0.6 is 12.4 Å². The van der Waals surface area contributed by atoms with Gasteiger partial charge in [-0.1, -0.05) is 0 Å². The fraction of sp³-hybridized carbons (Fsp3) is 1.00. The molecular weight excluding hydrogens is 146 g/mol. The average Bonchev–Trinajstić information content (AvgIpc) is 2.62. The lowest BCUT2D eigenvalue weighted by atomic mass is 10.2. The predicted molar refractivity (Wildman–Crippen MR) is 43.5 cm³/mol. The van der Waals surface area contributed by atoms with Crippen LogP contribution in [0, 0.1) is 0 Å². The third kappa shape index (κ3) is 0.802. The Morgan fingerprint density at radius 3 is 1.20 bits per heavy atom. The summed E-state index contributed by atoms with van der Waals surface area (Å²) in [4.78, 5) is 0. The zero-order chi connectivity index (χ0) is 5.95. The Balaban J connectivity index is 0.000000403. The molecule has 1 heterocycles. The molecular formula is C8H14ClN. The molecule has 58 valence electrons. The van der Waals surface area contributed by atoms with Gasteiger partial charge in [-0.25, -0.2) is 0 Å². The van der Waals surface area contributed by atoms with Gasteiger partial charge < -0.3 is 5.32 Å². The normalized spacial score (nSPS) is 36.0. The minimum absolute atomic E-state index is 0. The highest BCUT2D eigenvalue weighted by Gasteiger charge is 2.58. The summed E-state index contributed by atoms with van der Waals surface area (Å²) in [7, 11) is 0. The molecule has 2 saturated carbocycles. The fourth-order valence-electron chi connectivity index (χ4n) is 2.22. The monoisotopic (exact) mass is 159 g/mol. The van der Waals surface area contributed by atoms with Gasteiger partial charge in [-0.2, -0.15) is 0 Å². The van der Waals surface area contributed by atoms with E-state index in [9.17, 15) is 0 Å². The number of hydrogen-bond donors (Lipinski definition) is 1. The Morgan fingerprint density at radius 2 is 1.00 bits per heavy atom. The van der Waals surface area contributed by atoms with Crippen LogP contribution < -0.4 is 5.32 Å². The summed E-state index contributed by atoms with van der Waals surface area (Å²) in [6, 6.07) is 0. The van der Waals surface area contributed by atoms with Gasteiger partial charge in [0.25, 0.3) is 0 Å². The molecule has 1 nitrogen and oxygen atoms in total. The van der Waals surface area contributed by atoms with Gasteiger partial charge in [-0.3, -0.25) is 0 Å². The summed E-state index contributed by atoms with van der Waals surface area (Å²) < 4.78 is 0. The number of rotatable bonds is 0. The lowest BCUT2D eigenvalue weighted by Gasteiger charge is -2.09. The fourth-order valence-corrected chi connectivity index (χ4v) is 2.22. The molecule has 10 heavy (non-hydrogen) atoms. The van der Waals surface area contributed by atoms with E-state index in [1.165, 1.54) is 38.5 Å². The maximum absolute atomic E-state index is 3.79. The second kappa shape index (κ2) is 1.70. The Hall–Kier alpha value is 0.250. The molecule has 2 heteroatoms. The van der Waals surface area contributed by atoms with Gasteiger partial charge >= 0.3 is 0 Å². The van der Waals surface area contributed by atoms with Gasteiger partial charge in [0, 0.05) is 11.1 Å². The zero-order valence-electron chi connectivity index (χ0n) is 6.15. The highest BCUT2D eigenvalue weighted by molar-refractivity contribution is 5.85. The van der Waals surface area contributed by atoms with Crippen LogP contribution in [0.1, 0.15) is 38.5 Å². The number of halogens is 1. The van der Waals surface area contributed by atoms with Crippen LogP contribution in [0.5, 0.6) is 0 Å². The summed E-state index contributed by atoms with van der Waals surface area (Å²) in [5, 5.41) is 3.79. The van der Waals surface area contributed by atoms with E-state index in [0.29, 0.717) is 11.1 Å². The minimum Gasteiger partial charge on any atom is -0.306 e. The largest absolute Gasteiger partial charge is 0.306 e. The molecule has 0 aromatic carbocycles. The third-order valence-corrected chi connectivity index (χ3v) is 3.32. The Bertz CT molecular complexity index is 141. The van der Waals surface area contributed by atoms with Gasteiger partial charge in [0.2, 0.25) is 0 Å². The van der Waals surface area contributed by atoms with Crippen molar-refractivity contribution in [2.45, 2.75) is 49.6 Å². The molecule has 0 atom stereocenters. The van der Waals surface area contributed by atoms with Crippen LogP contribution in [0.25, 0.3) is 0 Å². The first-order valence-electron chi connectivity index (χ1n) is 4.12. The molecule has 0 aromatic heterocycles. The number of nitrogens with one attached hydrogen (secondary N) is 1.